The van der Waals surface area contributed by atoms with E-state index in [-0.39, 0.29) is 23.7 Å². The van der Waals surface area contributed by atoms with Gasteiger partial charge in [-0.2, -0.15) is 0 Å². The SMILES string of the molecule is CCC(F)(F)CNCc1cc(N)cc(F)c1Cl. The quantitative estimate of drug-likeness (QED) is 0.803. The molecule has 96 valence electrons. The van der Waals surface area contributed by atoms with Crippen molar-refractivity contribution in [3.05, 3.63) is 28.5 Å². The Balaban J connectivity index is 2.64. The van der Waals surface area contributed by atoms with Crippen LogP contribution in [0.3, 0.4) is 0 Å². The average molecular weight is 267 g/mol. The maximum Gasteiger partial charge on any atom is 0.260 e. The number of nitrogen functional groups attached to an aromatic ring is 1. The predicted octanol–water partition coefficient (Wildman–Crippen LogP) is 3.20. The molecule has 1 aromatic carbocycles. The number of rotatable bonds is 5. The van der Waals surface area contributed by atoms with E-state index in [1.165, 1.54) is 13.0 Å². The number of alkyl halides is 2. The van der Waals surface area contributed by atoms with Crippen molar-refractivity contribution in [3.63, 3.8) is 0 Å². The van der Waals surface area contributed by atoms with Gasteiger partial charge < -0.3 is 11.1 Å². The lowest BCUT2D eigenvalue weighted by atomic mass is 10.2. The summed E-state index contributed by atoms with van der Waals surface area (Å²) in [6, 6.07) is 2.55. The summed E-state index contributed by atoms with van der Waals surface area (Å²) in [5.41, 5.74) is 6.02. The fourth-order valence-electron chi connectivity index (χ4n) is 1.30. The molecule has 0 aliphatic heterocycles. The number of benzene rings is 1. The van der Waals surface area contributed by atoms with E-state index in [4.69, 9.17) is 17.3 Å². The highest BCUT2D eigenvalue weighted by atomic mass is 35.5. The fourth-order valence-corrected chi connectivity index (χ4v) is 1.48. The van der Waals surface area contributed by atoms with Crippen molar-refractivity contribution in [2.24, 2.45) is 0 Å². The molecule has 2 nitrogen and oxygen atoms in total. The van der Waals surface area contributed by atoms with Gasteiger partial charge in [-0.05, 0) is 17.7 Å². The van der Waals surface area contributed by atoms with Crippen LogP contribution in [0.2, 0.25) is 5.02 Å². The molecule has 0 fully saturated rings. The molecule has 0 unspecified atom stereocenters. The standard InChI is InChI=1S/C11H14ClF3N2/c1-2-11(14,15)6-17-5-7-3-8(16)4-9(13)10(7)12/h3-4,17H,2,5-6,16H2,1H3. The minimum atomic E-state index is -2.77. The lowest BCUT2D eigenvalue weighted by Crippen LogP contribution is -2.31. The van der Waals surface area contributed by atoms with Crippen molar-refractivity contribution in [2.75, 3.05) is 12.3 Å². The van der Waals surface area contributed by atoms with Gasteiger partial charge in [0.25, 0.3) is 5.92 Å². The zero-order valence-corrected chi connectivity index (χ0v) is 10.1. The second-order valence-electron chi connectivity index (χ2n) is 3.79. The lowest BCUT2D eigenvalue weighted by Gasteiger charge is -2.15. The molecule has 0 heterocycles. The molecule has 17 heavy (non-hydrogen) atoms. The lowest BCUT2D eigenvalue weighted by molar-refractivity contribution is -0.00186. The molecule has 0 spiro atoms. The Hall–Kier alpha value is -0.940. The monoisotopic (exact) mass is 266 g/mol. The molecular formula is C11H14ClF3N2. The Labute approximate surface area is 103 Å². The van der Waals surface area contributed by atoms with Gasteiger partial charge in [-0.1, -0.05) is 18.5 Å². The Bertz CT molecular complexity index is 397. The fraction of sp³-hybridized carbons (Fsp3) is 0.455. The smallest absolute Gasteiger partial charge is 0.260 e. The molecule has 1 aromatic rings. The second-order valence-corrected chi connectivity index (χ2v) is 4.17. The minimum Gasteiger partial charge on any atom is -0.399 e. The summed E-state index contributed by atoms with van der Waals surface area (Å²) in [4.78, 5) is 0. The molecule has 0 radical (unpaired) electrons. The van der Waals surface area contributed by atoms with Gasteiger partial charge in [0.1, 0.15) is 5.82 Å². The first-order valence-corrected chi connectivity index (χ1v) is 5.55. The number of halogens is 4. The van der Waals surface area contributed by atoms with Crippen molar-refractivity contribution in [2.45, 2.75) is 25.8 Å². The molecule has 0 bridgehead atoms. The third-order valence-electron chi connectivity index (χ3n) is 2.34. The number of hydrogen-bond acceptors (Lipinski definition) is 2. The summed E-state index contributed by atoms with van der Waals surface area (Å²) in [7, 11) is 0. The molecule has 0 aromatic heterocycles. The topological polar surface area (TPSA) is 38.0 Å². The molecule has 3 N–H and O–H groups in total. The van der Waals surface area contributed by atoms with E-state index >= 15 is 0 Å². The van der Waals surface area contributed by atoms with E-state index in [2.05, 4.69) is 5.32 Å². The largest absolute Gasteiger partial charge is 0.399 e. The van der Waals surface area contributed by atoms with Crippen LogP contribution in [0.1, 0.15) is 18.9 Å². The Kier molecular flexibility index (Phi) is 4.65. The van der Waals surface area contributed by atoms with Crippen molar-refractivity contribution < 1.29 is 13.2 Å². The van der Waals surface area contributed by atoms with Crippen molar-refractivity contribution >= 4 is 17.3 Å². The Morgan fingerprint density at radius 1 is 1.41 bits per heavy atom. The zero-order chi connectivity index (χ0) is 13.1. The summed E-state index contributed by atoms with van der Waals surface area (Å²) in [6.07, 6.45) is -0.251. The van der Waals surface area contributed by atoms with Crippen LogP contribution in [-0.4, -0.2) is 12.5 Å². The Morgan fingerprint density at radius 3 is 2.65 bits per heavy atom. The van der Waals surface area contributed by atoms with E-state index in [0.29, 0.717) is 5.56 Å². The molecule has 0 saturated carbocycles. The first-order chi connectivity index (χ1) is 7.85. The molecule has 0 saturated heterocycles. The molecular weight excluding hydrogens is 253 g/mol. The van der Waals surface area contributed by atoms with Crippen LogP contribution in [0, 0.1) is 5.82 Å². The molecule has 0 atom stereocenters. The van der Waals surface area contributed by atoms with E-state index < -0.39 is 18.3 Å². The first-order valence-electron chi connectivity index (χ1n) is 5.17. The van der Waals surface area contributed by atoms with Crippen LogP contribution in [0.5, 0.6) is 0 Å². The third kappa shape index (κ3) is 4.09. The number of anilines is 1. The van der Waals surface area contributed by atoms with Crippen molar-refractivity contribution in [1.82, 2.24) is 5.32 Å². The summed E-state index contributed by atoms with van der Waals surface area (Å²) in [5.74, 6) is -3.42. The molecule has 0 amide bonds. The summed E-state index contributed by atoms with van der Waals surface area (Å²) < 4.78 is 39.0. The summed E-state index contributed by atoms with van der Waals surface area (Å²) in [5, 5.41) is 2.44. The van der Waals surface area contributed by atoms with Gasteiger partial charge in [-0.15, -0.1) is 0 Å². The van der Waals surface area contributed by atoms with Crippen LogP contribution in [0.4, 0.5) is 18.9 Å². The van der Waals surface area contributed by atoms with Crippen LogP contribution in [0.15, 0.2) is 12.1 Å². The second kappa shape index (κ2) is 5.60. The minimum absolute atomic E-state index is 0.0520. The van der Waals surface area contributed by atoms with E-state index in [1.54, 1.807) is 0 Å². The van der Waals surface area contributed by atoms with Crippen LogP contribution >= 0.6 is 11.6 Å². The zero-order valence-electron chi connectivity index (χ0n) is 9.37. The van der Waals surface area contributed by atoms with Gasteiger partial charge in [0.15, 0.2) is 0 Å². The summed E-state index contributed by atoms with van der Waals surface area (Å²) >= 11 is 5.69. The van der Waals surface area contributed by atoms with E-state index in [1.807, 2.05) is 0 Å². The van der Waals surface area contributed by atoms with Crippen LogP contribution in [0.25, 0.3) is 0 Å². The van der Waals surface area contributed by atoms with Gasteiger partial charge in [0.2, 0.25) is 0 Å². The molecule has 0 aliphatic carbocycles. The maximum absolute atomic E-state index is 13.2. The van der Waals surface area contributed by atoms with Crippen LogP contribution < -0.4 is 11.1 Å². The molecule has 6 heteroatoms. The number of nitrogens with one attached hydrogen (secondary N) is 1. The number of nitrogens with two attached hydrogens (primary N) is 1. The highest BCUT2D eigenvalue weighted by Gasteiger charge is 2.25. The first kappa shape index (κ1) is 14.1. The maximum atomic E-state index is 13.2. The van der Waals surface area contributed by atoms with Gasteiger partial charge in [0.05, 0.1) is 11.6 Å². The van der Waals surface area contributed by atoms with Crippen molar-refractivity contribution in [1.29, 1.82) is 0 Å². The van der Waals surface area contributed by atoms with E-state index in [0.717, 1.165) is 6.07 Å². The molecule has 1 rings (SSSR count). The predicted molar refractivity (Wildman–Crippen MR) is 62.8 cm³/mol. The van der Waals surface area contributed by atoms with Gasteiger partial charge in [0, 0.05) is 18.7 Å². The summed E-state index contributed by atoms with van der Waals surface area (Å²) in [6.45, 7) is 0.974. The van der Waals surface area contributed by atoms with E-state index in [9.17, 15) is 13.2 Å². The third-order valence-corrected chi connectivity index (χ3v) is 2.77. The normalized spacial score (nSPS) is 11.8. The van der Waals surface area contributed by atoms with Crippen molar-refractivity contribution in [3.8, 4) is 0 Å². The van der Waals surface area contributed by atoms with Gasteiger partial charge in [-0.3, -0.25) is 0 Å². The highest BCUT2D eigenvalue weighted by Crippen LogP contribution is 2.23. The molecule has 0 aliphatic rings. The van der Waals surface area contributed by atoms with Gasteiger partial charge >= 0.3 is 0 Å². The van der Waals surface area contributed by atoms with Crippen LogP contribution in [-0.2, 0) is 6.54 Å². The van der Waals surface area contributed by atoms with Gasteiger partial charge in [-0.25, -0.2) is 13.2 Å². The average Bonchev–Trinajstić information content (AvgIpc) is 2.24. The highest BCUT2D eigenvalue weighted by molar-refractivity contribution is 6.31. The Morgan fingerprint density at radius 2 is 2.06 bits per heavy atom. The number of hydrogen-bond donors (Lipinski definition) is 2.